The molecule has 0 aliphatic carbocycles. The van der Waals surface area contributed by atoms with Gasteiger partial charge in [-0.15, -0.1) is 0 Å². The van der Waals surface area contributed by atoms with Gasteiger partial charge in [0.15, 0.2) is 6.10 Å². The van der Waals surface area contributed by atoms with Crippen LogP contribution in [0.4, 0.5) is 0 Å². The Balaban J connectivity index is 4.28. The molecule has 0 saturated carbocycles. The molecule has 0 aliphatic heterocycles. The highest BCUT2D eigenvalue weighted by molar-refractivity contribution is 5.71. The van der Waals surface area contributed by atoms with Crippen LogP contribution in [0.15, 0.2) is 60.8 Å². The summed E-state index contributed by atoms with van der Waals surface area (Å²) in [7, 11) is 0. The van der Waals surface area contributed by atoms with E-state index in [9.17, 15) is 14.4 Å². The maximum atomic E-state index is 12.9. The molecule has 0 aromatic carbocycles. The highest BCUT2D eigenvalue weighted by Gasteiger charge is 2.19. The molecule has 1 unspecified atom stereocenters. The van der Waals surface area contributed by atoms with Crippen LogP contribution in [0.2, 0.25) is 0 Å². The van der Waals surface area contributed by atoms with E-state index >= 15 is 0 Å². The van der Waals surface area contributed by atoms with Crippen LogP contribution in [0.25, 0.3) is 0 Å². The Kier molecular flexibility index (Phi) is 64.2. The van der Waals surface area contributed by atoms with Gasteiger partial charge >= 0.3 is 17.9 Å². The van der Waals surface area contributed by atoms with Crippen molar-refractivity contribution in [2.24, 2.45) is 0 Å². The first kappa shape index (κ1) is 75.1. The number of allylic oxidation sites excluding steroid dienone is 10. The second-order valence-electron chi connectivity index (χ2n) is 23.1. The van der Waals surface area contributed by atoms with Crippen molar-refractivity contribution >= 4 is 17.9 Å². The minimum absolute atomic E-state index is 0.0760. The zero-order chi connectivity index (χ0) is 56.4. The number of hydrogen-bond acceptors (Lipinski definition) is 6. The van der Waals surface area contributed by atoms with E-state index in [0.717, 1.165) is 89.9 Å². The fraction of sp³-hybridized carbons (Fsp3) is 0.819. The third-order valence-corrected chi connectivity index (χ3v) is 15.2. The smallest absolute Gasteiger partial charge is 0.306 e. The van der Waals surface area contributed by atoms with Gasteiger partial charge in [-0.1, -0.05) is 313 Å². The number of rotatable bonds is 63. The van der Waals surface area contributed by atoms with Crippen LogP contribution in [0.5, 0.6) is 0 Å². The van der Waals surface area contributed by atoms with Crippen LogP contribution >= 0.6 is 0 Å². The van der Waals surface area contributed by atoms with Crippen molar-refractivity contribution in [3.05, 3.63) is 60.8 Å². The van der Waals surface area contributed by atoms with E-state index < -0.39 is 6.10 Å². The molecular weight excluding hydrogens is 961 g/mol. The number of carbonyl (C=O) groups is 3. The van der Waals surface area contributed by atoms with Crippen LogP contribution in [0, 0.1) is 0 Å². The molecule has 0 N–H and O–H groups in total. The van der Waals surface area contributed by atoms with E-state index in [1.807, 2.05) is 0 Å². The Bertz CT molecular complexity index is 1390. The Morgan fingerprint density at radius 1 is 0.256 bits per heavy atom. The van der Waals surface area contributed by atoms with Crippen LogP contribution in [-0.4, -0.2) is 37.2 Å². The Hall–Kier alpha value is -2.89. The standard InChI is InChI=1S/C72H130O6/c1-4-7-10-13-16-19-22-25-28-30-32-33-34-35-36-37-38-39-40-42-44-47-50-53-56-59-62-65-71(74)77-68-69(67-76-70(73)64-61-58-55-52-49-46-43-27-24-21-18-15-12-9-6-3)78-72(75)66-63-60-57-54-51-48-45-41-31-29-26-23-20-17-14-11-8-5-2/h18,21-22,25,27,30,32,34-35,43,69H,4-17,19-20,23-24,26,28-29,31,33,36-42,44-68H2,1-3H3/b21-18-,25-22-,32-30-,35-34-,43-27-. The van der Waals surface area contributed by atoms with E-state index in [4.69, 9.17) is 14.2 Å². The van der Waals surface area contributed by atoms with Gasteiger partial charge in [-0.2, -0.15) is 0 Å². The fourth-order valence-electron chi connectivity index (χ4n) is 10.1. The average molecular weight is 1090 g/mol. The second-order valence-corrected chi connectivity index (χ2v) is 23.1. The maximum absolute atomic E-state index is 12.9. The summed E-state index contributed by atoms with van der Waals surface area (Å²) in [6.45, 7) is 6.65. The summed E-state index contributed by atoms with van der Waals surface area (Å²) < 4.78 is 17.0. The fourth-order valence-corrected chi connectivity index (χ4v) is 10.1. The lowest BCUT2D eigenvalue weighted by Crippen LogP contribution is -2.30. The number of carbonyl (C=O) groups excluding carboxylic acids is 3. The summed E-state index contributed by atoms with van der Waals surface area (Å²) in [4.78, 5) is 38.4. The van der Waals surface area contributed by atoms with Crippen LogP contribution in [-0.2, 0) is 28.6 Å². The lowest BCUT2D eigenvalue weighted by molar-refractivity contribution is -0.167. The Morgan fingerprint density at radius 2 is 0.462 bits per heavy atom. The van der Waals surface area contributed by atoms with E-state index in [0.29, 0.717) is 19.3 Å². The molecule has 0 amide bonds. The topological polar surface area (TPSA) is 78.9 Å². The molecule has 0 heterocycles. The zero-order valence-electron chi connectivity index (χ0n) is 52.2. The van der Waals surface area contributed by atoms with Gasteiger partial charge in [0.1, 0.15) is 13.2 Å². The summed E-state index contributed by atoms with van der Waals surface area (Å²) in [5.41, 5.74) is 0. The average Bonchev–Trinajstić information content (AvgIpc) is 3.44. The third kappa shape index (κ3) is 63.9. The minimum atomic E-state index is -0.780. The molecule has 0 bridgehead atoms. The van der Waals surface area contributed by atoms with E-state index in [1.165, 1.54) is 231 Å². The van der Waals surface area contributed by atoms with Gasteiger partial charge < -0.3 is 14.2 Å². The predicted octanol–water partition coefficient (Wildman–Crippen LogP) is 23.5. The summed E-state index contributed by atoms with van der Waals surface area (Å²) in [5, 5.41) is 0. The van der Waals surface area contributed by atoms with Crippen molar-refractivity contribution in [1.82, 2.24) is 0 Å². The van der Waals surface area contributed by atoms with Gasteiger partial charge in [0, 0.05) is 19.3 Å². The summed E-state index contributed by atoms with van der Waals surface area (Å²) in [6.07, 6.45) is 85.2. The molecule has 0 fully saturated rings. The van der Waals surface area contributed by atoms with Crippen molar-refractivity contribution in [2.75, 3.05) is 13.2 Å². The van der Waals surface area contributed by atoms with Gasteiger partial charge in [0.25, 0.3) is 0 Å². The molecule has 0 aromatic rings. The zero-order valence-corrected chi connectivity index (χ0v) is 52.2. The normalized spacial score (nSPS) is 12.4. The predicted molar refractivity (Wildman–Crippen MR) is 339 cm³/mol. The van der Waals surface area contributed by atoms with Crippen molar-refractivity contribution in [3.8, 4) is 0 Å². The van der Waals surface area contributed by atoms with Crippen molar-refractivity contribution < 1.29 is 28.6 Å². The molecule has 454 valence electrons. The van der Waals surface area contributed by atoms with Gasteiger partial charge in [0.05, 0.1) is 0 Å². The van der Waals surface area contributed by atoms with Crippen LogP contribution < -0.4 is 0 Å². The highest BCUT2D eigenvalue weighted by Crippen LogP contribution is 2.18. The monoisotopic (exact) mass is 1090 g/mol. The molecule has 0 aromatic heterocycles. The second kappa shape index (κ2) is 66.6. The largest absolute Gasteiger partial charge is 0.462 e. The number of hydrogen-bond donors (Lipinski definition) is 0. The first-order chi connectivity index (χ1) is 38.5. The molecule has 0 rings (SSSR count). The third-order valence-electron chi connectivity index (χ3n) is 15.2. The first-order valence-corrected chi connectivity index (χ1v) is 34.3. The Morgan fingerprint density at radius 3 is 0.744 bits per heavy atom. The van der Waals surface area contributed by atoms with Gasteiger partial charge in [-0.25, -0.2) is 0 Å². The molecule has 0 radical (unpaired) electrons. The summed E-state index contributed by atoms with van der Waals surface area (Å²) >= 11 is 0. The van der Waals surface area contributed by atoms with Gasteiger partial charge in [-0.3, -0.25) is 14.4 Å². The molecule has 0 spiro atoms. The minimum Gasteiger partial charge on any atom is -0.462 e. The maximum Gasteiger partial charge on any atom is 0.306 e. The van der Waals surface area contributed by atoms with Gasteiger partial charge in [0.2, 0.25) is 0 Å². The number of ether oxygens (including phenoxy) is 3. The quantitative estimate of drug-likeness (QED) is 0.0261. The van der Waals surface area contributed by atoms with E-state index in [1.54, 1.807) is 0 Å². The molecule has 6 nitrogen and oxygen atoms in total. The first-order valence-electron chi connectivity index (χ1n) is 34.3. The molecule has 78 heavy (non-hydrogen) atoms. The van der Waals surface area contributed by atoms with Crippen molar-refractivity contribution in [2.45, 2.75) is 367 Å². The molecule has 0 saturated heterocycles. The van der Waals surface area contributed by atoms with Crippen molar-refractivity contribution in [1.29, 1.82) is 0 Å². The lowest BCUT2D eigenvalue weighted by Gasteiger charge is -2.18. The Labute approximate surface area is 485 Å². The van der Waals surface area contributed by atoms with Gasteiger partial charge in [-0.05, 0) is 89.9 Å². The highest BCUT2D eigenvalue weighted by atomic mass is 16.6. The molecule has 6 heteroatoms. The number of unbranched alkanes of at least 4 members (excludes halogenated alkanes) is 42. The van der Waals surface area contributed by atoms with Crippen LogP contribution in [0.3, 0.4) is 0 Å². The SMILES string of the molecule is CCCCC/C=C\C/C=C\CCCCCCCC(=O)OCC(COC(=O)CCCCCCCCCCCCCC/C=C\C/C=C\C/C=C\CCCCCCC)OC(=O)CCCCCCCCCCCCCCCCCCCC. The van der Waals surface area contributed by atoms with Crippen molar-refractivity contribution in [3.63, 3.8) is 0 Å². The van der Waals surface area contributed by atoms with E-state index in [2.05, 4.69) is 81.5 Å². The van der Waals surface area contributed by atoms with E-state index in [-0.39, 0.29) is 31.1 Å². The molecule has 1 atom stereocenters. The molecule has 0 aliphatic rings. The van der Waals surface area contributed by atoms with Crippen LogP contribution in [0.1, 0.15) is 361 Å². The summed E-state index contributed by atoms with van der Waals surface area (Å²) in [5.74, 6) is -0.869. The molecular formula is C72H130O6. The number of esters is 3. The lowest BCUT2D eigenvalue weighted by atomic mass is 10.0. The summed E-state index contributed by atoms with van der Waals surface area (Å²) in [6, 6.07) is 0.